The number of carbonyl (C=O) groups excluding carboxylic acids is 1. The van der Waals surface area contributed by atoms with Crippen LogP contribution in [-0.2, 0) is 4.79 Å². The average molecular weight is 413 g/mol. The van der Waals surface area contributed by atoms with Crippen molar-refractivity contribution in [1.82, 2.24) is 9.88 Å². The number of hydrogen-bond acceptors (Lipinski definition) is 5. The van der Waals surface area contributed by atoms with Crippen LogP contribution in [0.25, 0.3) is 0 Å². The second kappa shape index (κ2) is 7.83. The molecule has 7 nitrogen and oxygen atoms in total. The molecule has 0 spiro atoms. The highest BCUT2D eigenvalue weighted by atomic mass is 35.5. The Balaban J connectivity index is 1.44. The van der Waals surface area contributed by atoms with Crippen LogP contribution in [0.15, 0.2) is 47.6 Å². The number of benzene rings is 1. The smallest absolute Gasteiger partial charge is 0.331 e. The van der Waals surface area contributed by atoms with Crippen molar-refractivity contribution in [3.63, 3.8) is 0 Å². The van der Waals surface area contributed by atoms with Crippen LogP contribution in [0.2, 0.25) is 5.02 Å². The number of rotatable bonds is 5. The maximum Gasteiger partial charge on any atom is 0.331 e. The van der Waals surface area contributed by atoms with E-state index in [9.17, 15) is 14.7 Å². The van der Waals surface area contributed by atoms with Gasteiger partial charge in [-0.1, -0.05) is 11.6 Å². The topological polar surface area (TPSA) is 86.1 Å². The van der Waals surface area contributed by atoms with E-state index in [-0.39, 0.29) is 5.91 Å². The van der Waals surface area contributed by atoms with Gasteiger partial charge in [-0.15, -0.1) is 0 Å². The number of pyridine rings is 1. The van der Waals surface area contributed by atoms with Crippen molar-refractivity contribution in [2.75, 3.05) is 31.1 Å². The number of nitrogens with zero attached hydrogens (tertiary/aromatic N) is 4. The molecule has 0 radical (unpaired) electrons. The number of aliphatic imine (C=N–C) groups is 1. The molecule has 8 heteroatoms. The minimum Gasteiger partial charge on any atom is -0.479 e. The van der Waals surface area contributed by atoms with Gasteiger partial charge in [0.1, 0.15) is 5.69 Å². The predicted molar refractivity (Wildman–Crippen MR) is 111 cm³/mol. The summed E-state index contributed by atoms with van der Waals surface area (Å²) in [5.74, 6) is -0.896. The van der Waals surface area contributed by atoms with Crippen molar-refractivity contribution in [1.29, 1.82) is 0 Å². The van der Waals surface area contributed by atoms with E-state index in [2.05, 4.69) is 14.9 Å². The minimum absolute atomic E-state index is 0.00794. The molecular weight excluding hydrogens is 392 g/mol. The third-order valence-electron chi connectivity index (χ3n) is 5.37. The third kappa shape index (κ3) is 4.10. The van der Waals surface area contributed by atoms with E-state index in [1.165, 1.54) is 0 Å². The maximum absolute atomic E-state index is 12.7. The van der Waals surface area contributed by atoms with Gasteiger partial charge < -0.3 is 14.9 Å². The average Bonchev–Trinajstić information content (AvgIpc) is 3.54. The molecule has 2 aromatic rings. The number of halogens is 1. The van der Waals surface area contributed by atoms with Crippen LogP contribution in [-0.4, -0.2) is 64.8 Å². The summed E-state index contributed by atoms with van der Waals surface area (Å²) >= 11 is 5.90. The molecule has 2 aliphatic rings. The molecule has 2 heterocycles. The van der Waals surface area contributed by atoms with E-state index >= 15 is 0 Å². The van der Waals surface area contributed by atoms with Gasteiger partial charge in [-0.05, 0) is 49.2 Å². The van der Waals surface area contributed by atoms with Crippen molar-refractivity contribution in [3.8, 4) is 0 Å². The second-order valence-corrected chi connectivity index (χ2v) is 7.73. The number of aromatic nitrogens is 1. The van der Waals surface area contributed by atoms with Crippen molar-refractivity contribution in [2.45, 2.75) is 18.4 Å². The fraction of sp³-hybridized carbons (Fsp3) is 0.333. The third-order valence-corrected chi connectivity index (χ3v) is 5.62. The SMILES string of the molecule is O=C(c1ccc(Cl)cc1)N1CCN(c2cccnc2C=NC2(C(=O)O)CC2)CC1. The molecule has 1 N–H and O–H groups in total. The van der Waals surface area contributed by atoms with Crippen LogP contribution in [0.3, 0.4) is 0 Å². The molecule has 1 saturated carbocycles. The molecule has 29 heavy (non-hydrogen) atoms. The Morgan fingerprint density at radius 3 is 2.41 bits per heavy atom. The summed E-state index contributed by atoms with van der Waals surface area (Å²) in [6, 6.07) is 10.7. The quantitative estimate of drug-likeness (QED) is 0.763. The van der Waals surface area contributed by atoms with Gasteiger partial charge in [0.15, 0.2) is 5.54 Å². The molecule has 1 aromatic heterocycles. The Hall–Kier alpha value is -2.93. The van der Waals surface area contributed by atoms with Crippen LogP contribution < -0.4 is 4.90 Å². The zero-order valence-corrected chi connectivity index (χ0v) is 16.5. The number of piperazine rings is 1. The van der Waals surface area contributed by atoms with Crippen molar-refractivity contribution >= 4 is 35.4 Å². The monoisotopic (exact) mass is 412 g/mol. The van der Waals surface area contributed by atoms with Crippen LogP contribution in [0.4, 0.5) is 5.69 Å². The van der Waals surface area contributed by atoms with Gasteiger partial charge in [0, 0.05) is 43.0 Å². The highest BCUT2D eigenvalue weighted by Crippen LogP contribution is 2.40. The number of hydrogen-bond donors (Lipinski definition) is 1. The van der Waals surface area contributed by atoms with E-state index in [1.807, 2.05) is 17.0 Å². The summed E-state index contributed by atoms with van der Waals surface area (Å²) in [5, 5.41) is 9.91. The Bertz CT molecular complexity index is 949. The van der Waals surface area contributed by atoms with Gasteiger partial charge in [-0.25, -0.2) is 4.79 Å². The second-order valence-electron chi connectivity index (χ2n) is 7.29. The minimum atomic E-state index is -0.974. The van der Waals surface area contributed by atoms with Gasteiger partial charge in [-0.3, -0.25) is 14.8 Å². The zero-order chi connectivity index (χ0) is 20.4. The lowest BCUT2D eigenvalue weighted by Gasteiger charge is -2.36. The van der Waals surface area contributed by atoms with Gasteiger partial charge in [0.2, 0.25) is 0 Å². The first-order valence-corrected chi connectivity index (χ1v) is 9.90. The standard InChI is InChI=1S/C21H21ClN4O3/c22-16-5-3-15(4-6-16)19(27)26-12-10-25(11-13-26)18-2-1-9-23-17(18)14-24-21(7-8-21)20(28)29/h1-6,9,14H,7-8,10-13H2,(H,28,29). The van der Waals surface area contributed by atoms with E-state index in [0.29, 0.717) is 55.3 Å². The number of amides is 1. The van der Waals surface area contributed by atoms with Crippen LogP contribution in [0.5, 0.6) is 0 Å². The number of carbonyl (C=O) groups is 2. The molecular formula is C21H21ClN4O3. The summed E-state index contributed by atoms with van der Waals surface area (Å²) in [5.41, 5.74) is 1.20. The van der Waals surface area contributed by atoms with E-state index in [1.54, 1.807) is 36.7 Å². The summed E-state index contributed by atoms with van der Waals surface area (Å²) in [4.78, 5) is 36.7. The first kappa shape index (κ1) is 19.4. The summed E-state index contributed by atoms with van der Waals surface area (Å²) in [6.07, 6.45) is 4.37. The van der Waals surface area contributed by atoms with Gasteiger partial charge >= 0.3 is 5.97 Å². The summed E-state index contributed by atoms with van der Waals surface area (Å²) < 4.78 is 0. The predicted octanol–water partition coefficient (Wildman–Crippen LogP) is 2.73. The largest absolute Gasteiger partial charge is 0.479 e. The highest BCUT2D eigenvalue weighted by molar-refractivity contribution is 6.30. The number of aliphatic carboxylic acids is 1. The maximum atomic E-state index is 12.7. The first-order chi connectivity index (χ1) is 14.0. The Morgan fingerprint density at radius 2 is 1.79 bits per heavy atom. The molecule has 1 aliphatic heterocycles. The number of anilines is 1. The van der Waals surface area contributed by atoms with Crippen LogP contribution in [0.1, 0.15) is 28.9 Å². The highest BCUT2D eigenvalue weighted by Gasteiger charge is 2.50. The van der Waals surface area contributed by atoms with E-state index < -0.39 is 11.5 Å². The molecule has 0 bridgehead atoms. The number of carboxylic acids is 1. The van der Waals surface area contributed by atoms with Gasteiger partial charge in [-0.2, -0.15) is 0 Å². The van der Waals surface area contributed by atoms with Crippen LogP contribution >= 0.6 is 11.6 Å². The Labute approximate surface area is 173 Å². The lowest BCUT2D eigenvalue weighted by atomic mass is 10.1. The van der Waals surface area contributed by atoms with Crippen molar-refractivity contribution in [3.05, 3.63) is 58.9 Å². The lowest BCUT2D eigenvalue weighted by Crippen LogP contribution is -2.49. The van der Waals surface area contributed by atoms with Gasteiger partial charge in [0.05, 0.1) is 11.9 Å². The number of carboxylic acid groups (broad SMARTS) is 1. The molecule has 1 amide bonds. The molecule has 0 unspecified atom stereocenters. The lowest BCUT2D eigenvalue weighted by molar-refractivity contribution is -0.139. The fourth-order valence-corrected chi connectivity index (χ4v) is 3.53. The normalized spacial score (nSPS) is 18.1. The molecule has 2 fully saturated rings. The zero-order valence-electron chi connectivity index (χ0n) is 15.8. The van der Waals surface area contributed by atoms with Crippen molar-refractivity contribution in [2.24, 2.45) is 4.99 Å². The van der Waals surface area contributed by atoms with E-state index in [4.69, 9.17) is 11.6 Å². The molecule has 1 saturated heterocycles. The van der Waals surface area contributed by atoms with Crippen molar-refractivity contribution < 1.29 is 14.7 Å². The molecule has 1 aliphatic carbocycles. The first-order valence-electron chi connectivity index (χ1n) is 9.52. The fourth-order valence-electron chi connectivity index (χ4n) is 3.40. The van der Waals surface area contributed by atoms with Gasteiger partial charge in [0.25, 0.3) is 5.91 Å². The Kier molecular flexibility index (Phi) is 5.24. The van der Waals surface area contributed by atoms with Crippen LogP contribution in [0, 0.1) is 0 Å². The molecule has 1 aromatic carbocycles. The summed E-state index contributed by atoms with van der Waals surface area (Å²) in [7, 11) is 0. The van der Waals surface area contributed by atoms with E-state index in [0.717, 1.165) is 5.69 Å². The molecule has 4 rings (SSSR count). The molecule has 150 valence electrons. The Morgan fingerprint density at radius 1 is 1.10 bits per heavy atom. The molecule has 0 atom stereocenters. The summed E-state index contributed by atoms with van der Waals surface area (Å²) in [6.45, 7) is 2.50.